The fourth-order valence-corrected chi connectivity index (χ4v) is 2.51. The van der Waals surface area contributed by atoms with Gasteiger partial charge in [-0.05, 0) is 30.5 Å². The molecule has 0 aliphatic carbocycles. The van der Waals surface area contributed by atoms with Gasteiger partial charge in [-0.1, -0.05) is 18.2 Å². The SMILES string of the molecule is Cn1nccc1CNC1CCc2ccccc2NC1=O. The molecule has 3 rings (SSSR count). The first-order valence-electron chi connectivity index (χ1n) is 6.83. The maximum absolute atomic E-state index is 12.2. The van der Waals surface area contributed by atoms with E-state index in [9.17, 15) is 4.79 Å². The Morgan fingerprint density at radius 1 is 1.40 bits per heavy atom. The third-order valence-electron chi connectivity index (χ3n) is 3.75. The smallest absolute Gasteiger partial charge is 0.241 e. The summed E-state index contributed by atoms with van der Waals surface area (Å²) in [6.45, 7) is 0.644. The van der Waals surface area contributed by atoms with Crippen molar-refractivity contribution in [1.82, 2.24) is 15.1 Å². The minimum absolute atomic E-state index is 0.0390. The van der Waals surface area contributed by atoms with Crippen LogP contribution in [0.5, 0.6) is 0 Å². The minimum atomic E-state index is -0.169. The molecular formula is C15H18N4O. The lowest BCUT2D eigenvalue weighted by Crippen LogP contribution is -2.39. The number of aryl methyl sites for hydroxylation is 2. The number of anilines is 1. The van der Waals surface area contributed by atoms with Crippen molar-refractivity contribution in [1.29, 1.82) is 0 Å². The normalized spacial score (nSPS) is 18.2. The topological polar surface area (TPSA) is 59.0 Å². The van der Waals surface area contributed by atoms with E-state index >= 15 is 0 Å². The van der Waals surface area contributed by atoms with Gasteiger partial charge in [0.05, 0.1) is 11.7 Å². The Kier molecular flexibility index (Phi) is 3.52. The highest BCUT2D eigenvalue weighted by atomic mass is 16.2. The second-order valence-corrected chi connectivity index (χ2v) is 5.06. The van der Waals surface area contributed by atoms with Crippen LogP contribution in [0.1, 0.15) is 17.7 Å². The van der Waals surface area contributed by atoms with E-state index in [0.717, 1.165) is 24.2 Å². The summed E-state index contributed by atoms with van der Waals surface area (Å²) in [4.78, 5) is 12.2. The summed E-state index contributed by atoms with van der Waals surface area (Å²) < 4.78 is 1.82. The number of nitrogens with zero attached hydrogens (tertiary/aromatic N) is 2. The van der Waals surface area contributed by atoms with Crippen molar-refractivity contribution in [3.8, 4) is 0 Å². The number of para-hydroxylation sites is 1. The van der Waals surface area contributed by atoms with Crippen molar-refractivity contribution in [2.45, 2.75) is 25.4 Å². The zero-order valence-corrected chi connectivity index (χ0v) is 11.5. The Hall–Kier alpha value is -2.14. The number of aromatic nitrogens is 2. The number of amides is 1. The lowest BCUT2D eigenvalue weighted by Gasteiger charge is -2.15. The highest BCUT2D eigenvalue weighted by Gasteiger charge is 2.22. The summed E-state index contributed by atoms with van der Waals surface area (Å²) in [6.07, 6.45) is 3.47. The molecule has 104 valence electrons. The molecular weight excluding hydrogens is 252 g/mol. The summed E-state index contributed by atoms with van der Waals surface area (Å²) in [5.74, 6) is 0.0390. The van der Waals surface area contributed by atoms with Gasteiger partial charge in [-0.3, -0.25) is 9.48 Å². The quantitative estimate of drug-likeness (QED) is 0.888. The molecule has 2 N–H and O–H groups in total. The fraction of sp³-hybridized carbons (Fsp3) is 0.333. The number of hydrogen-bond acceptors (Lipinski definition) is 3. The summed E-state index contributed by atoms with van der Waals surface area (Å²) in [5, 5.41) is 10.4. The maximum atomic E-state index is 12.2. The lowest BCUT2D eigenvalue weighted by molar-refractivity contribution is -0.118. The number of carbonyl (C=O) groups excluding carboxylic acids is 1. The van der Waals surface area contributed by atoms with Crippen molar-refractivity contribution in [2.24, 2.45) is 7.05 Å². The summed E-state index contributed by atoms with van der Waals surface area (Å²) in [5.41, 5.74) is 3.20. The fourth-order valence-electron chi connectivity index (χ4n) is 2.51. The molecule has 0 radical (unpaired) electrons. The van der Waals surface area contributed by atoms with Crippen molar-refractivity contribution >= 4 is 11.6 Å². The van der Waals surface area contributed by atoms with Gasteiger partial charge in [0, 0.05) is 25.5 Å². The molecule has 0 saturated carbocycles. The molecule has 5 heteroatoms. The molecule has 2 heterocycles. The van der Waals surface area contributed by atoms with Crippen LogP contribution in [-0.2, 0) is 24.8 Å². The molecule has 2 aromatic rings. The average molecular weight is 270 g/mol. The number of fused-ring (bicyclic) bond motifs is 1. The Balaban J connectivity index is 1.67. The Labute approximate surface area is 118 Å². The highest BCUT2D eigenvalue weighted by molar-refractivity contribution is 5.96. The van der Waals surface area contributed by atoms with Crippen LogP contribution in [0.15, 0.2) is 36.5 Å². The van der Waals surface area contributed by atoms with Crippen LogP contribution in [0.2, 0.25) is 0 Å². The van der Waals surface area contributed by atoms with Crippen molar-refractivity contribution in [3.05, 3.63) is 47.8 Å². The largest absolute Gasteiger partial charge is 0.324 e. The molecule has 0 saturated heterocycles. The van der Waals surface area contributed by atoms with Crippen LogP contribution in [0.4, 0.5) is 5.69 Å². The number of benzene rings is 1. The zero-order valence-electron chi connectivity index (χ0n) is 11.5. The molecule has 1 unspecified atom stereocenters. The first-order valence-corrected chi connectivity index (χ1v) is 6.83. The molecule has 1 aliphatic heterocycles. The van der Waals surface area contributed by atoms with Gasteiger partial charge in [-0.2, -0.15) is 5.10 Å². The first-order chi connectivity index (χ1) is 9.74. The van der Waals surface area contributed by atoms with Gasteiger partial charge in [0.1, 0.15) is 0 Å². The van der Waals surface area contributed by atoms with Gasteiger partial charge in [-0.15, -0.1) is 0 Å². The van der Waals surface area contributed by atoms with Gasteiger partial charge in [0.15, 0.2) is 0 Å². The third-order valence-corrected chi connectivity index (χ3v) is 3.75. The summed E-state index contributed by atoms with van der Waals surface area (Å²) in [6, 6.07) is 9.76. The predicted molar refractivity (Wildman–Crippen MR) is 77.2 cm³/mol. The molecule has 0 bridgehead atoms. The van der Waals surface area contributed by atoms with E-state index in [1.807, 2.05) is 36.0 Å². The minimum Gasteiger partial charge on any atom is -0.324 e. The number of hydrogen-bond donors (Lipinski definition) is 2. The second kappa shape index (κ2) is 5.46. The third kappa shape index (κ3) is 2.58. The van der Waals surface area contributed by atoms with Crippen LogP contribution < -0.4 is 10.6 Å². The molecule has 0 spiro atoms. The Bertz CT molecular complexity index is 620. The van der Waals surface area contributed by atoms with Crippen molar-refractivity contribution < 1.29 is 4.79 Å². The van der Waals surface area contributed by atoms with E-state index in [1.165, 1.54) is 5.56 Å². The zero-order chi connectivity index (χ0) is 13.9. The molecule has 20 heavy (non-hydrogen) atoms. The van der Waals surface area contributed by atoms with Crippen LogP contribution in [0.3, 0.4) is 0 Å². The van der Waals surface area contributed by atoms with Gasteiger partial charge in [0.25, 0.3) is 0 Å². The molecule has 1 aromatic carbocycles. The molecule has 1 atom stereocenters. The molecule has 1 amide bonds. The second-order valence-electron chi connectivity index (χ2n) is 5.06. The van der Waals surface area contributed by atoms with E-state index in [0.29, 0.717) is 6.54 Å². The summed E-state index contributed by atoms with van der Waals surface area (Å²) >= 11 is 0. The number of carbonyl (C=O) groups is 1. The lowest BCUT2D eigenvalue weighted by atomic mass is 10.1. The predicted octanol–water partition coefficient (Wildman–Crippen LogP) is 1.46. The average Bonchev–Trinajstić information content (AvgIpc) is 2.78. The standard InChI is InChI=1S/C15H18N4O/c1-19-12(8-9-17-19)10-16-14-7-6-11-4-2-3-5-13(11)18-15(14)20/h2-5,8-9,14,16H,6-7,10H2,1H3,(H,18,20). The van der Waals surface area contributed by atoms with Gasteiger partial charge < -0.3 is 10.6 Å². The molecule has 5 nitrogen and oxygen atoms in total. The van der Waals surface area contributed by atoms with E-state index in [1.54, 1.807) is 6.20 Å². The van der Waals surface area contributed by atoms with Crippen LogP contribution >= 0.6 is 0 Å². The van der Waals surface area contributed by atoms with Crippen molar-refractivity contribution in [2.75, 3.05) is 5.32 Å². The van der Waals surface area contributed by atoms with Gasteiger partial charge in [0.2, 0.25) is 5.91 Å². The van der Waals surface area contributed by atoms with Crippen LogP contribution in [0.25, 0.3) is 0 Å². The maximum Gasteiger partial charge on any atom is 0.241 e. The number of nitrogens with one attached hydrogen (secondary N) is 2. The molecule has 1 aromatic heterocycles. The first kappa shape index (κ1) is 12.9. The van der Waals surface area contributed by atoms with Gasteiger partial charge in [-0.25, -0.2) is 0 Å². The van der Waals surface area contributed by atoms with E-state index < -0.39 is 0 Å². The molecule has 1 aliphatic rings. The van der Waals surface area contributed by atoms with E-state index in [-0.39, 0.29) is 11.9 Å². The highest BCUT2D eigenvalue weighted by Crippen LogP contribution is 2.21. The van der Waals surface area contributed by atoms with Crippen LogP contribution in [0, 0.1) is 0 Å². The Morgan fingerprint density at radius 2 is 2.25 bits per heavy atom. The van der Waals surface area contributed by atoms with Crippen LogP contribution in [-0.4, -0.2) is 21.7 Å². The summed E-state index contributed by atoms with van der Waals surface area (Å²) in [7, 11) is 1.90. The van der Waals surface area contributed by atoms with Gasteiger partial charge >= 0.3 is 0 Å². The Morgan fingerprint density at radius 3 is 3.05 bits per heavy atom. The molecule has 0 fully saturated rings. The number of rotatable bonds is 3. The van der Waals surface area contributed by atoms with E-state index in [4.69, 9.17) is 0 Å². The van der Waals surface area contributed by atoms with E-state index in [2.05, 4.69) is 21.8 Å². The van der Waals surface area contributed by atoms with Crippen molar-refractivity contribution in [3.63, 3.8) is 0 Å². The monoisotopic (exact) mass is 270 g/mol.